The van der Waals surface area contributed by atoms with E-state index in [1.54, 1.807) is 17.1 Å². The highest BCUT2D eigenvalue weighted by Crippen LogP contribution is 2.36. The fourth-order valence-corrected chi connectivity index (χ4v) is 7.21. The summed E-state index contributed by atoms with van der Waals surface area (Å²) in [4.78, 5) is 4.58. The Kier molecular flexibility index (Phi) is 7.44. The van der Waals surface area contributed by atoms with Crippen molar-refractivity contribution in [2.75, 3.05) is 25.4 Å². The van der Waals surface area contributed by atoms with Crippen LogP contribution in [0.4, 0.5) is 0 Å². The maximum absolute atomic E-state index is 12.7. The average molecular weight is 529 g/mol. The molecule has 1 aliphatic rings. The Bertz CT molecular complexity index is 1360. The van der Waals surface area contributed by atoms with Crippen molar-refractivity contribution in [1.82, 2.24) is 23.6 Å². The molecular formula is C25H36N6O3SSi. The zero-order chi connectivity index (χ0) is 26.1. The second kappa shape index (κ2) is 10.1. The molecule has 0 aromatic carbocycles. The summed E-state index contributed by atoms with van der Waals surface area (Å²) >= 11 is 0. The van der Waals surface area contributed by atoms with Crippen molar-refractivity contribution in [2.45, 2.75) is 58.2 Å². The van der Waals surface area contributed by atoms with Crippen LogP contribution in [0.3, 0.4) is 0 Å². The normalized spacial score (nSPS) is 16.4. The average Bonchev–Trinajstić information content (AvgIpc) is 3.39. The molecule has 0 aliphatic carbocycles. The zero-order valence-electron chi connectivity index (χ0n) is 21.8. The minimum absolute atomic E-state index is 0.0458. The molecule has 1 fully saturated rings. The van der Waals surface area contributed by atoms with Crippen molar-refractivity contribution < 1.29 is 13.2 Å². The summed E-state index contributed by atoms with van der Waals surface area (Å²) in [6.07, 6.45) is 7.66. The van der Waals surface area contributed by atoms with Crippen molar-refractivity contribution in [2.24, 2.45) is 5.92 Å². The topological polar surface area (TPSA) is 106 Å². The third kappa shape index (κ3) is 5.57. The minimum Gasteiger partial charge on any atom is -0.361 e. The molecule has 3 aromatic heterocycles. The number of pyridine rings is 1. The number of nitrogens with zero attached hydrogens (tertiary/aromatic N) is 6. The first-order valence-electron chi connectivity index (χ1n) is 12.4. The van der Waals surface area contributed by atoms with Gasteiger partial charge < -0.3 is 9.30 Å². The molecule has 3 aromatic rings. The summed E-state index contributed by atoms with van der Waals surface area (Å²) in [6, 6.07) is 7.33. The molecule has 0 atom stereocenters. The van der Waals surface area contributed by atoms with Crippen LogP contribution in [-0.2, 0) is 27.0 Å². The summed E-state index contributed by atoms with van der Waals surface area (Å²) in [5, 5.41) is 15.1. The molecule has 11 heteroatoms. The molecule has 0 amide bonds. The number of hydrogen-bond donors (Lipinski definition) is 0. The van der Waals surface area contributed by atoms with E-state index in [1.807, 2.05) is 42.9 Å². The van der Waals surface area contributed by atoms with Gasteiger partial charge in [0.25, 0.3) is 0 Å². The molecular weight excluding hydrogens is 492 g/mol. The Balaban J connectivity index is 1.54. The Morgan fingerprint density at radius 3 is 2.67 bits per heavy atom. The lowest BCUT2D eigenvalue weighted by molar-refractivity contribution is 0.0715. The monoisotopic (exact) mass is 528 g/mol. The molecule has 0 bridgehead atoms. The number of fused-ring (bicyclic) bond motifs is 1. The fraction of sp³-hybridized carbons (Fsp3) is 0.560. The maximum Gasteiger partial charge on any atom is 0.214 e. The van der Waals surface area contributed by atoms with Crippen LogP contribution in [0.5, 0.6) is 0 Å². The first-order chi connectivity index (χ1) is 16.9. The van der Waals surface area contributed by atoms with Gasteiger partial charge in [-0.05, 0) is 29.7 Å². The molecule has 0 radical (unpaired) electrons. The summed E-state index contributed by atoms with van der Waals surface area (Å²) in [7, 11) is -4.49. The lowest BCUT2D eigenvalue weighted by Gasteiger charge is -2.48. The van der Waals surface area contributed by atoms with E-state index in [4.69, 9.17) is 4.74 Å². The second-order valence-electron chi connectivity index (χ2n) is 11.4. The molecule has 1 saturated heterocycles. The van der Waals surface area contributed by atoms with E-state index in [0.717, 1.165) is 34.8 Å². The highest BCUT2D eigenvalue weighted by atomic mass is 32.2. The van der Waals surface area contributed by atoms with Gasteiger partial charge in [-0.2, -0.15) is 14.7 Å². The van der Waals surface area contributed by atoms with Crippen LogP contribution < -0.4 is 0 Å². The van der Waals surface area contributed by atoms with Crippen LogP contribution in [-0.4, -0.2) is 65.6 Å². The zero-order valence-corrected chi connectivity index (χ0v) is 23.6. The minimum atomic E-state index is -3.35. The predicted molar refractivity (Wildman–Crippen MR) is 143 cm³/mol. The second-order valence-corrected chi connectivity index (χ2v) is 19.0. The van der Waals surface area contributed by atoms with Crippen LogP contribution in [0.1, 0.15) is 20.3 Å². The summed E-state index contributed by atoms with van der Waals surface area (Å²) in [5.41, 5.74) is 2.08. The first kappa shape index (κ1) is 26.5. The number of nitriles is 1. The summed E-state index contributed by atoms with van der Waals surface area (Å²) in [5.74, 6) is 0.151. The Morgan fingerprint density at radius 1 is 1.25 bits per heavy atom. The third-order valence-electron chi connectivity index (χ3n) is 6.56. The fourth-order valence-electron chi connectivity index (χ4n) is 4.53. The van der Waals surface area contributed by atoms with Gasteiger partial charge in [0.1, 0.15) is 17.9 Å². The van der Waals surface area contributed by atoms with E-state index in [9.17, 15) is 13.7 Å². The number of hydrogen-bond acceptors (Lipinski definition) is 6. The van der Waals surface area contributed by atoms with Crippen molar-refractivity contribution >= 4 is 29.1 Å². The van der Waals surface area contributed by atoms with E-state index in [0.29, 0.717) is 6.73 Å². The number of rotatable bonds is 11. The highest BCUT2D eigenvalue weighted by molar-refractivity contribution is 7.89. The van der Waals surface area contributed by atoms with Crippen LogP contribution in [0.25, 0.3) is 22.2 Å². The van der Waals surface area contributed by atoms with E-state index in [1.165, 1.54) is 4.31 Å². The molecule has 4 rings (SSSR count). The molecule has 0 saturated carbocycles. The standard InChI is InChI=1S/C25H36N6O3SSi/c1-20(2)16-35(32,33)30-17-25(18-30,8-9-26)31-15-21(14-28-31)22-6-10-27-24-23(22)7-11-29(24)19-34-12-13-36(3,4)5/h6-7,10-11,14-15,20H,8,12-13,16-19H2,1-5H3. The van der Waals surface area contributed by atoms with E-state index in [-0.39, 0.29) is 31.2 Å². The lowest BCUT2D eigenvalue weighted by Crippen LogP contribution is -2.64. The lowest BCUT2D eigenvalue weighted by atomic mass is 9.89. The quantitative estimate of drug-likeness (QED) is 0.274. The van der Waals surface area contributed by atoms with Gasteiger partial charge in [0.05, 0.1) is 24.4 Å². The molecule has 9 nitrogen and oxygen atoms in total. The Labute approximate surface area is 214 Å². The van der Waals surface area contributed by atoms with Gasteiger partial charge >= 0.3 is 0 Å². The van der Waals surface area contributed by atoms with Gasteiger partial charge in [0, 0.05) is 57.3 Å². The largest absolute Gasteiger partial charge is 0.361 e. The smallest absolute Gasteiger partial charge is 0.214 e. The number of sulfonamides is 1. The predicted octanol–water partition coefficient (Wildman–Crippen LogP) is 4.12. The van der Waals surface area contributed by atoms with Gasteiger partial charge in [0.2, 0.25) is 10.0 Å². The van der Waals surface area contributed by atoms with Crippen LogP contribution in [0, 0.1) is 17.2 Å². The molecule has 1 aliphatic heterocycles. The van der Waals surface area contributed by atoms with Crippen molar-refractivity contribution in [1.29, 1.82) is 5.26 Å². The van der Waals surface area contributed by atoms with Gasteiger partial charge in [0.15, 0.2) is 0 Å². The molecule has 36 heavy (non-hydrogen) atoms. The molecule has 0 N–H and O–H groups in total. The first-order valence-corrected chi connectivity index (χ1v) is 17.7. The van der Waals surface area contributed by atoms with Gasteiger partial charge in [-0.15, -0.1) is 0 Å². The molecule has 0 spiro atoms. The van der Waals surface area contributed by atoms with Gasteiger partial charge in [-0.25, -0.2) is 13.4 Å². The molecule has 4 heterocycles. The van der Waals surface area contributed by atoms with Crippen molar-refractivity contribution in [3.8, 4) is 17.2 Å². The summed E-state index contributed by atoms with van der Waals surface area (Å²) < 4.78 is 36.5. The Morgan fingerprint density at radius 2 is 2.00 bits per heavy atom. The van der Waals surface area contributed by atoms with Crippen molar-refractivity contribution in [3.63, 3.8) is 0 Å². The van der Waals surface area contributed by atoms with E-state index >= 15 is 0 Å². The van der Waals surface area contributed by atoms with E-state index < -0.39 is 23.6 Å². The highest BCUT2D eigenvalue weighted by Gasteiger charge is 2.50. The van der Waals surface area contributed by atoms with Gasteiger partial charge in [-0.3, -0.25) is 4.68 Å². The van der Waals surface area contributed by atoms with Crippen LogP contribution in [0.2, 0.25) is 25.7 Å². The van der Waals surface area contributed by atoms with Gasteiger partial charge in [-0.1, -0.05) is 33.5 Å². The third-order valence-corrected chi connectivity index (χ3v) is 10.4. The van der Waals surface area contributed by atoms with E-state index in [2.05, 4.69) is 35.8 Å². The van der Waals surface area contributed by atoms with Crippen LogP contribution in [0.15, 0.2) is 36.9 Å². The maximum atomic E-state index is 12.7. The van der Waals surface area contributed by atoms with Crippen molar-refractivity contribution in [3.05, 3.63) is 36.9 Å². The number of aromatic nitrogens is 4. The molecule has 0 unspecified atom stereocenters. The number of ether oxygens (including phenoxy) is 1. The Hall–Kier alpha value is -2.52. The summed E-state index contributed by atoms with van der Waals surface area (Å²) in [6.45, 7) is 12.5. The SMILES string of the molecule is CC(C)CS(=O)(=O)N1CC(CC#N)(n2cc(-c3ccnc4c3ccn4COCC[Si](C)(C)C)cn2)C1. The molecule has 194 valence electrons. The van der Waals surface area contributed by atoms with Crippen LogP contribution >= 0.6 is 0 Å².